The van der Waals surface area contributed by atoms with E-state index in [0.29, 0.717) is 5.92 Å². The van der Waals surface area contributed by atoms with Gasteiger partial charge in [-0.05, 0) is 75.9 Å². The van der Waals surface area contributed by atoms with Crippen molar-refractivity contribution in [2.45, 2.75) is 51.4 Å². The Morgan fingerprint density at radius 3 is 2.46 bits per heavy atom. The van der Waals surface area contributed by atoms with E-state index in [4.69, 9.17) is 0 Å². The maximum Gasteiger partial charge on any atom is 0.253 e. The van der Waals surface area contributed by atoms with Gasteiger partial charge in [-0.2, -0.15) is 0 Å². The molecule has 0 radical (unpaired) electrons. The smallest absolute Gasteiger partial charge is 0.253 e. The van der Waals surface area contributed by atoms with Gasteiger partial charge in [-0.3, -0.25) is 4.79 Å². The molecule has 0 bridgehead atoms. The topological polar surface area (TPSA) is 35.6 Å². The maximum absolute atomic E-state index is 12.9. The van der Waals surface area contributed by atoms with E-state index in [2.05, 4.69) is 29.3 Å². The normalized spacial score (nSPS) is 22.0. The molecule has 0 aromatic heterocycles. The Hall–Kier alpha value is -1.39. The molecule has 1 aromatic carbocycles. The van der Waals surface area contributed by atoms with Crippen LogP contribution in [0.15, 0.2) is 24.3 Å². The third kappa shape index (κ3) is 5.31. The predicted molar refractivity (Wildman–Crippen MR) is 108 cm³/mol. The Labute approximate surface area is 158 Å². The van der Waals surface area contributed by atoms with Crippen molar-refractivity contribution in [3.05, 3.63) is 35.4 Å². The van der Waals surface area contributed by atoms with Crippen LogP contribution in [0.2, 0.25) is 0 Å². The van der Waals surface area contributed by atoms with Crippen LogP contribution >= 0.6 is 0 Å². The highest BCUT2D eigenvalue weighted by atomic mass is 16.2. The van der Waals surface area contributed by atoms with Gasteiger partial charge in [0.05, 0.1) is 0 Å². The Morgan fingerprint density at radius 1 is 1.12 bits per heavy atom. The minimum Gasteiger partial charge on any atom is -0.338 e. The van der Waals surface area contributed by atoms with Gasteiger partial charge in [0.2, 0.25) is 0 Å². The summed E-state index contributed by atoms with van der Waals surface area (Å²) < 4.78 is 0. The quantitative estimate of drug-likeness (QED) is 0.846. The van der Waals surface area contributed by atoms with Gasteiger partial charge >= 0.3 is 0 Å². The summed E-state index contributed by atoms with van der Waals surface area (Å²) in [5.74, 6) is 0.772. The highest BCUT2D eigenvalue weighted by molar-refractivity contribution is 5.94. The fourth-order valence-corrected chi connectivity index (χ4v) is 4.24. The van der Waals surface area contributed by atoms with E-state index in [-0.39, 0.29) is 5.91 Å². The van der Waals surface area contributed by atoms with Crippen molar-refractivity contribution in [1.29, 1.82) is 0 Å². The van der Waals surface area contributed by atoms with Gasteiger partial charge in [-0.25, -0.2) is 0 Å². The molecule has 144 valence electrons. The Bertz CT molecular complexity index is 543. The number of nitrogens with zero attached hydrogens (tertiary/aromatic N) is 2. The molecule has 2 aliphatic rings. The third-order valence-corrected chi connectivity index (χ3v) is 5.98. The van der Waals surface area contributed by atoms with Crippen LogP contribution in [0.3, 0.4) is 0 Å². The summed E-state index contributed by atoms with van der Waals surface area (Å²) in [6, 6.07) is 8.38. The van der Waals surface area contributed by atoms with Crippen molar-refractivity contribution in [3.63, 3.8) is 0 Å². The third-order valence-electron chi connectivity index (χ3n) is 5.98. The van der Waals surface area contributed by atoms with Crippen molar-refractivity contribution in [2.75, 3.05) is 45.8 Å². The first-order valence-corrected chi connectivity index (χ1v) is 10.6. The fraction of sp³-hybridized carbons (Fsp3) is 0.682. The van der Waals surface area contributed by atoms with Crippen molar-refractivity contribution in [1.82, 2.24) is 15.1 Å². The first-order chi connectivity index (χ1) is 12.8. The van der Waals surface area contributed by atoms with Crippen LogP contribution in [0.5, 0.6) is 0 Å². The zero-order valence-electron chi connectivity index (χ0n) is 16.4. The summed E-state index contributed by atoms with van der Waals surface area (Å²) in [5.41, 5.74) is 2.19. The lowest BCUT2D eigenvalue weighted by Crippen LogP contribution is -2.39. The summed E-state index contributed by atoms with van der Waals surface area (Å²) in [4.78, 5) is 17.4. The standard InChI is InChI=1S/C22H35N3O/c1-2-25(17-16-24-14-5-3-4-6-15-24)22(26)20-11-9-19(10-12-20)21-8-7-13-23-18-21/h9-12,21,23H,2-8,13-18H2,1H3/t21-/m1/s1. The number of hydrogen-bond donors (Lipinski definition) is 1. The minimum atomic E-state index is 0.177. The molecule has 26 heavy (non-hydrogen) atoms. The molecule has 2 fully saturated rings. The van der Waals surface area contributed by atoms with Crippen LogP contribution in [0.1, 0.15) is 67.3 Å². The minimum absolute atomic E-state index is 0.177. The van der Waals surface area contributed by atoms with E-state index >= 15 is 0 Å². The van der Waals surface area contributed by atoms with E-state index < -0.39 is 0 Å². The fourth-order valence-electron chi connectivity index (χ4n) is 4.24. The largest absolute Gasteiger partial charge is 0.338 e. The summed E-state index contributed by atoms with van der Waals surface area (Å²) in [5, 5.41) is 3.47. The SMILES string of the molecule is CCN(CCN1CCCCCC1)C(=O)c1ccc([C@@H]2CCCNC2)cc1. The molecule has 1 amide bonds. The van der Waals surface area contributed by atoms with Crippen molar-refractivity contribution >= 4 is 5.91 Å². The molecule has 0 aliphatic carbocycles. The Morgan fingerprint density at radius 2 is 1.85 bits per heavy atom. The second-order valence-corrected chi connectivity index (χ2v) is 7.81. The van der Waals surface area contributed by atoms with E-state index in [1.165, 1.54) is 57.2 Å². The molecule has 2 aliphatic heterocycles. The van der Waals surface area contributed by atoms with Crippen LogP contribution in [0.4, 0.5) is 0 Å². The molecule has 4 heteroatoms. The van der Waals surface area contributed by atoms with Gasteiger partial charge < -0.3 is 15.1 Å². The number of rotatable bonds is 6. The Kier molecular flexibility index (Phi) is 7.51. The molecular weight excluding hydrogens is 322 g/mol. The molecule has 2 heterocycles. The van der Waals surface area contributed by atoms with Crippen LogP contribution in [0, 0.1) is 0 Å². The summed E-state index contributed by atoms with van der Waals surface area (Å²) in [6.45, 7) is 9.28. The number of nitrogens with one attached hydrogen (secondary N) is 1. The highest BCUT2D eigenvalue weighted by Crippen LogP contribution is 2.23. The van der Waals surface area contributed by atoms with Crippen LogP contribution in [-0.2, 0) is 0 Å². The van der Waals surface area contributed by atoms with Crippen molar-refractivity contribution < 1.29 is 4.79 Å². The van der Waals surface area contributed by atoms with Crippen LogP contribution < -0.4 is 5.32 Å². The number of likely N-dealkylation sites (tertiary alicyclic amines) is 1. The average molecular weight is 358 g/mol. The predicted octanol–water partition coefficient (Wildman–Crippen LogP) is 3.49. The van der Waals surface area contributed by atoms with Crippen LogP contribution in [-0.4, -0.2) is 61.5 Å². The van der Waals surface area contributed by atoms with Gasteiger partial charge in [-0.1, -0.05) is 25.0 Å². The van der Waals surface area contributed by atoms with Crippen LogP contribution in [0.25, 0.3) is 0 Å². The maximum atomic E-state index is 12.9. The zero-order chi connectivity index (χ0) is 18.2. The second-order valence-electron chi connectivity index (χ2n) is 7.81. The number of carbonyl (C=O) groups excluding carboxylic acids is 1. The molecule has 1 aromatic rings. The molecule has 1 atom stereocenters. The lowest BCUT2D eigenvalue weighted by atomic mass is 9.91. The molecule has 3 rings (SSSR count). The van der Waals surface area contributed by atoms with Gasteiger partial charge in [0.1, 0.15) is 0 Å². The summed E-state index contributed by atoms with van der Waals surface area (Å²) in [7, 11) is 0. The van der Waals surface area contributed by atoms with Gasteiger partial charge in [0, 0.05) is 31.7 Å². The molecule has 0 spiro atoms. The number of carbonyl (C=O) groups is 1. The highest BCUT2D eigenvalue weighted by Gasteiger charge is 2.18. The molecular formula is C22H35N3O. The van der Waals surface area contributed by atoms with E-state index in [1.807, 2.05) is 17.0 Å². The van der Waals surface area contributed by atoms with E-state index in [9.17, 15) is 4.79 Å². The molecule has 4 nitrogen and oxygen atoms in total. The molecule has 1 N–H and O–H groups in total. The summed E-state index contributed by atoms with van der Waals surface area (Å²) >= 11 is 0. The van der Waals surface area contributed by atoms with E-state index in [0.717, 1.165) is 38.3 Å². The first kappa shape index (κ1) is 19.4. The monoisotopic (exact) mass is 357 g/mol. The molecule has 0 unspecified atom stereocenters. The lowest BCUT2D eigenvalue weighted by Gasteiger charge is -2.26. The number of amides is 1. The number of benzene rings is 1. The molecule has 2 saturated heterocycles. The van der Waals surface area contributed by atoms with Crippen molar-refractivity contribution in [2.24, 2.45) is 0 Å². The summed E-state index contributed by atoms with van der Waals surface area (Å²) in [6.07, 6.45) is 7.81. The zero-order valence-corrected chi connectivity index (χ0v) is 16.4. The first-order valence-electron chi connectivity index (χ1n) is 10.6. The lowest BCUT2D eigenvalue weighted by molar-refractivity contribution is 0.0745. The van der Waals surface area contributed by atoms with Gasteiger partial charge in [0.15, 0.2) is 0 Å². The average Bonchev–Trinajstić information content (AvgIpc) is 2.98. The van der Waals surface area contributed by atoms with Gasteiger partial charge in [-0.15, -0.1) is 0 Å². The number of piperidine rings is 1. The number of likely N-dealkylation sites (N-methyl/N-ethyl adjacent to an activating group) is 1. The Balaban J connectivity index is 1.55. The number of hydrogen-bond acceptors (Lipinski definition) is 3. The molecule has 0 saturated carbocycles. The van der Waals surface area contributed by atoms with E-state index in [1.54, 1.807) is 0 Å². The second kappa shape index (κ2) is 10.1. The van der Waals surface area contributed by atoms with Crippen molar-refractivity contribution in [3.8, 4) is 0 Å². The van der Waals surface area contributed by atoms with Gasteiger partial charge in [0.25, 0.3) is 5.91 Å².